The van der Waals surface area contributed by atoms with Crippen molar-refractivity contribution in [2.24, 2.45) is 5.41 Å². The maximum atomic E-state index is 6.26. The Labute approximate surface area is 105 Å². The molecule has 1 aromatic rings. The van der Waals surface area contributed by atoms with Crippen LogP contribution >= 0.6 is 27.5 Å². The van der Waals surface area contributed by atoms with E-state index in [2.05, 4.69) is 48.0 Å². The third kappa shape index (κ3) is 2.39. The fourth-order valence-electron chi connectivity index (χ4n) is 2.09. The minimum absolute atomic E-state index is 0.288. The Morgan fingerprint density at radius 2 is 2.13 bits per heavy atom. The van der Waals surface area contributed by atoms with Crippen molar-refractivity contribution < 1.29 is 0 Å². The summed E-state index contributed by atoms with van der Waals surface area (Å²) in [5, 5.41) is 0.288. The topological polar surface area (TPSA) is 0 Å². The normalized spacial score (nSPS) is 20.0. The lowest BCUT2D eigenvalue weighted by atomic mass is 9.91. The van der Waals surface area contributed by atoms with Gasteiger partial charge in [0.05, 0.1) is 0 Å². The summed E-state index contributed by atoms with van der Waals surface area (Å²) in [6.07, 6.45) is 3.69. The van der Waals surface area contributed by atoms with Crippen LogP contribution < -0.4 is 0 Å². The van der Waals surface area contributed by atoms with E-state index in [9.17, 15) is 0 Å². The average molecular weight is 288 g/mol. The average Bonchev–Trinajstić information content (AvgIpc) is 2.92. The summed E-state index contributed by atoms with van der Waals surface area (Å²) >= 11 is 9.79. The minimum Gasteiger partial charge on any atom is -0.123 e. The van der Waals surface area contributed by atoms with Crippen LogP contribution in [0.15, 0.2) is 22.7 Å². The van der Waals surface area contributed by atoms with Gasteiger partial charge in [0.1, 0.15) is 0 Å². The predicted octanol–water partition coefficient (Wildman–Crippen LogP) is 4.71. The van der Waals surface area contributed by atoms with Gasteiger partial charge in [-0.1, -0.05) is 22.0 Å². The van der Waals surface area contributed by atoms with Gasteiger partial charge >= 0.3 is 0 Å². The highest BCUT2D eigenvalue weighted by Crippen LogP contribution is 2.53. The second-order valence-electron chi connectivity index (χ2n) is 4.73. The lowest BCUT2D eigenvalue weighted by Gasteiger charge is -2.19. The highest BCUT2D eigenvalue weighted by molar-refractivity contribution is 9.10. The van der Waals surface area contributed by atoms with E-state index in [0.717, 1.165) is 6.42 Å². The van der Waals surface area contributed by atoms with E-state index in [-0.39, 0.29) is 5.38 Å². The summed E-state index contributed by atoms with van der Waals surface area (Å²) in [6.45, 7) is 4.30. The van der Waals surface area contributed by atoms with E-state index in [0.29, 0.717) is 5.41 Å². The van der Waals surface area contributed by atoms with Gasteiger partial charge in [0, 0.05) is 9.85 Å². The summed E-state index contributed by atoms with van der Waals surface area (Å²) in [5.74, 6) is 0. The SMILES string of the molecule is Cc1ccc(Br)cc1CC1(C(C)Cl)CC1. The molecule has 0 saturated heterocycles. The summed E-state index contributed by atoms with van der Waals surface area (Å²) < 4.78 is 1.17. The highest BCUT2D eigenvalue weighted by Gasteiger charge is 2.46. The van der Waals surface area contributed by atoms with Crippen molar-refractivity contribution in [3.63, 3.8) is 0 Å². The molecule has 0 radical (unpaired) electrons. The van der Waals surface area contributed by atoms with E-state index in [1.807, 2.05) is 0 Å². The van der Waals surface area contributed by atoms with Crippen molar-refractivity contribution >= 4 is 27.5 Å². The van der Waals surface area contributed by atoms with Gasteiger partial charge in [-0.25, -0.2) is 0 Å². The molecule has 1 aliphatic rings. The largest absolute Gasteiger partial charge is 0.123 e. The van der Waals surface area contributed by atoms with Crippen LogP contribution in [0.2, 0.25) is 0 Å². The maximum Gasteiger partial charge on any atom is 0.0367 e. The molecule has 0 aliphatic heterocycles. The molecule has 15 heavy (non-hydrogen) atoms. The molecule has 2 rings (SSSR count). The van der Waals surface area contributed by atoms with Crippen LogP contribution in [0.4, 0.5) is 0 Å². The molecule has 0 bridgehead atoms. The van der Waals surface area contributed by atoms with Gasteiger partial charge in [-0.05, 0) is 61.8 Å². The third-order valence-electron chi connectivity index (χ3n) is 3.59. The van der Waals surface area contributed by atoms with E-state index in [1.165, 1.54) is 28.4 Å². The molecule has 1 saturated carbocycles. The fraction of sp³-hybridized carbons (Fsp3) is 0.538. The van der Waals surface area contributed by atoms with Crippen molar-refractivity contribution in [2.45, 2.75) is 38.5 Å². The van der Waals surface area contributed by atoms with Crippen molar-refractivity contribution in [3.8, 4) is 0 Å². The van der Waals surface area contributed by atoms with Gasteiger partial charge < -0.3 is 0 Å². The van der Waals surface area contributed by atoms with Crippen molar-refractivity contribution in [1.82, 2.24) is 0 Å². The van der Waals surface area contributed by atoms with Gasteiger partial charge in [0.15, 0.2) is 0 Å². The number of halogens is 2. The Balaban J connectivity index is 2.21. The standard InChI is InChI=1S/C13H16BrCl/c1-9-3-4-12(14)7-11(9)8-13(5-6-13)10(2)15/h3-4,7,10H,5-6,8H2,1-2H3. The maximum absolute atomic E-state index is 6.26. The van der Waals surface area contributed by atoms with Crippen LogP contribution in [0.1, 0.15) is 30.9 Å². The summed E-state index contributed by atoms with van der Waals surface area (Å²) in [7, 11) is 0. The Morgan fingerprint density at radius 3 is 2.67 bits per heavy atom. The third-order valence-corrected chi connectivity index (χ3v) is 4.55. The van der Waals surface area contributed by atoms with Crippen LogP contribution in [-0.4, -0.2) is 5.38 Å². The first kappa shape index (κ1) is 11.5. The molecule has 0 heterocycles. The molecule has 82 valence electrons. The van der Waals surface area contributed by atoms with E-state index < -0.39 is 0 Å². The highest BCUT2D eigenvalue weighted by atomic mass is 79.9. The van der Waals surface area contributed by atoms with Gasteiger partial charge in [-0.15, -0.1) is 11.6 Å². The molecular formula is C13H16BrCl. The van der Waals surface area contributed by atoms with Crippen LogP contribution in [0.5, 0.6) is 0 Å². The van der Waals surface area contributed by atoms with Gasteiger partial charge in [-0.3, -0.25) is 0 Å². The predicted molar refractivity (Wildman–Crippen MR) is 69.6 cm³/mol. The first-order chi connectivity index (χ1) is 7.03. The number of aryl methyl sites for hydroxylation is 1. The van der Waals surface area contributed by atoms with Crippen LogP contribution in [0, 0.1) is 12.3 Å². The van der Waals surface area contributed by atoms with Crippen molar-refractivity contribution in [2.75, 3.05) is 0 Å². The van der Waals surface area contributed by atoms with Gasteiger partial charge in [0.25, 0.3) is 0 Å². The molecule has 0 amide bonds. The van der Waals surface area contributed by atoms with E-state index in [1.54, 1.807) is 0 Å². The first-order valence-electron chi connectivity index (χ1n) is 5.43. The zero-order valence-corrected chi connectivity index (χ0v) is 11.5. The molecule has 1 atom stereocenters. The van der Waals surface area contributed by atoms with Crippen molar-refractivity contribution in [3.05, 3.63) is 33.8 Å². The molecule has 1 fully saturated rings. The Bertz CT molecular complexity index is 367. The minimum atomic E-state index is 0.288. The number of hydrogen-bond acceptors (Lipinski definition) is 0. The summed E-state index contributed by atoms with van der Waals surface area (Å²) in [5.41, 5.74) is 3.20. The second kappa shape index (κ2) is 4.10. The molecule has 0 spiro atoms. The Morgan fingerprint density at radius 1 is 1.47 bits per heavy atom. The van der Waals surface area contributed by atoms with Crippen LogP contribution in [-0.2, 0) is 6.42 Å². The molecular weight excluding hydrogens is 272 g/mol. The zero-order chi connectivity index (χ0) is 11.1. The molecule has 0 nitrogen and oxygen atoms in total. The molecule has 1 aromatic carbocycles. The fourth-order valence-corrected chi connectivity index (χ4v) is 2.79. The zero-order valence-electron chi connectivity index (χ0n) is 9.19. The molecule has 1 unspecified atom stereocenters. The second-order valence-corrected chi connectivity index (χ2v) is 6.30. The van der Waals surface area contributed by atoms with Crippen LogP contribution in [0.25, 0.3) is 0 Å². The van der Waals surface area contributed by atoms with Crippen LogP contribution in [0.3, 0.4) is 0 Å². The quantitative estimate of drug-likeness (QED) is 0.706. The number of benzene rings is 1. The lowest BCUT2D eigenvalue weighted by Crippen LogP contribution is -2.16. The number of rotatable bonds is 3. The van der Waals surface area contributed by atoms with E-state index in [4.69, 9.17) is 11.6 Å². The summed E-state index contributed by atoms with van der Waals surface area (Å²) in [6, 6.07) is 6.51. The van der Waals surface area contributed by atoms with Crippen molar-refractivity contribution in [1.29, 1.82) is 0 Å². The molecule has 2 heteroatoms. The molecule has 1 aliphatic carbocycles. The monoisotopic (exact) mass is 286 g/mol. The Hall–Kier alpha value is -0.0100. The number of alkyl halides is 1. The first-order valence-corrected chi connectivity index (χ1v) is 6.65. The number of hydrogen-bond donors (Lipinski definition) is 0. The Kier molecular flexibility index (Phi) is 3.14. The lowest BCUT2D eigenvalue weighted by molar-refractivity contribution is 0.495. The summed E-state index contributed by atoms with van der Waals surface area (Å²) in [4.78, 5) is 0. The van der Waals surface area contributed by atoms with E-state index >= 15 is 0 Å². The molecule has 0 aromatic heterocycles. The molecule has 0 N–H and O–H groups in total. The van der Waals surface area contributed by atoms with Gasteiger partial charge in [0.2, 0.25) is 0 Å². The van der Waals surface area contributed by atoms with Gasteiger partial charge in [-0.2, -0.15) is 0 Å². The smallest absolute Gasteiger partial charge is 0.0367 e.